The third-order valence-corrected chi connectivity index (χ3v) is 2.51. The highest BCUT2D eigenvalue weighted by molar-refractivity contribution is 4.78. The maximum atomic E-state index is 3.51. The molecule has 0 bridgehead atoms. The summed E-state index contributed by atoms with van der Waals surface area (Å²) < 4.78 is 0. The fourth-order valence-corrected chi connectivity index (χ4v) is 1.59. The molecular formula is C9H20N2. The first kappa shape index (κ1) is 9.01. The Morgan fingerprint density at radius 2 is 2.27 bits per heavy atom. The average molecular weight is 156 g/mol. The summed E-state index contributed by atoms with van der Waals surface area (Å²) in [5, 5.41) is 3.51. The van der Waals surface area contributed by atoms with Gasteiger partial charge in [0.15, 0.2) is 0 Å². The van der Waals surface area contributed by atoms with Crippen LogP contribution in [0.25, 0.3) is 0 Å². The van der Waals surface area contributed by atoms with Crippen molar-refractivity contribution in [2.75, 3.05) is 19.6 Å². The lowest BCUT2D eigenvalue weighted by molar-refractivity contribution is 0.160. The van der Waals surface area contributed by atoms with Crippen LogP contribution in [0.5, 0.6) is 0 Å². The Hall–Kier alpha value is -0.0800. The van der Waals surface area contributed by atoms with Crippen LogP contribution in [0.15, 0.2) is 0 Å². The zero-order chi connectivity index (χ0) is 8.27. The van der Waals surface area contributed by atoms with Gasteiger partial charge in [-0.25, -0.2) is 0 Å². The van der Waals surface area contributed by atoms with Gasteiger partial charge in [0.05, 0.1) is 0 Å². The lowest BCUT2D eigenvalue weighted by Crippen LogP contribution is -2.52. The van der Waals surface area contributed by atoms with Crippen molar-refractivity contribution in [3.63, 3.8) is 0 Å². The van der Waals surface area contributed by atoms with Crippen LogP contribution in [0.4, 0.5) is 0 Å². The van der Waals surface area contributed by atoms with Gasteiger partial charge in [-0.3, -0.25) is 4.90 Å². The van der Waals surface area contributed by atoms with Crippen LogP contribution in [0.3, 0.4) is 0 Å². The lowest BCUT2D eigenvalue weighted by Gasteiger charge is -2.35. The first-order valence-corrected chi connectivity index (χ1v) is 4.71. The molecule has 0 aliphatic carbocycles. The van der Waals surface area contributed by atoms with Crippen LogP contribution in [0, 0.1) is 0 Å². The Labute approximate surface area is 70.0 Å². The first-order chi connectivity index (χ1) is 5.24. The number of hydrogen-bond acceptors (Lipinski definition) is 2. The summed E-state index contributed by atoms with van der Waals surface area (Å²) in [6, 6.07) is 1.44. The van der Waals surface area contributed by atoms with E-state index in [4.69, 9.17) is 0 Å². The third kappa shape index (κ3) is 2.46. The molecule has 1 N–H and O–H groups in total. The van der Waals surface area contributed by atoms with Gasteiger partial charge in [0.25, 0.3) is 0 Å². The molecule has 0 spiro atoms. The normalized spacial score (nSPS) is 27.8. The van der Waals surface area contributed by atoms with E-state index in [1.54, 1.807) is 0 Å². The van der Waals surface area contributed by atoms with Crippen LogP contribution in [-0.2, 0) is 0 Å². The molecule has 2 heteroatoms. The molecule has 0 radical (unpaired) electrons. The van der Waals surface area contributed by atoms with Gasteiger partial charge < -0.3 is 5.32 Å². The summed E-state index contributed by atoms with van der Waals surface area (Å²) in [5.41, 5.74) is 0. The Balaban J connectivity index is 2.33. The minimum absolute atomic E-state index is 0.714. The fourth-order valence-electron chi connectivity index (χ4n) is 1.59. The second-order valence-corrected chi connectivity index (χ2v) is 3.65. The monoisotopic (exact) mass is 156 g/mol. The molecule has 0 unspecified atom stereocenters. The van der Waals surface area contributed by atoms with E-state index < -0.39 is 0 Å². The van der Waals surface area contributed by atoms with E-state index in [0.717, 1.165) is 12.6 Å². The molecule has 1 aliphatic rings. The van der Waals surface area contributed by atoms with Gasteiger partial charge in [0.1, 0.15) is 0 Å². The molecule has 1 aliphatic heterocycles. The molecular weight excluding hydrogens is 136 g/mol. The summed E-state index contributed by atoms with van der Waals surface area (Å²) in [7, 11) is 0. The van der Waals surface area contributed by atoms with Crippen molar-refractivity contribution in [1.29, 1.82) is 0 Å². The molecule has 0 amide bonds. The number of hydrogen-bond donors (Lipinski definition) is 1. The van der Waals surface area contributed by atoms with E-state index in [-0.39, 0.29) is 0 Å². The van der Waals surface area contributed by atoms with Crippen LogP contribution in [-0.4, -0.2) is 36.6 Å². The first-order valence-electron chi connectivity index (χ1n) is 4.71. The molecule has 0 aromatic heterocycles. The van der Waals surface area contributed by atoms with Crippen LogP contribution >= 0.6 is 0 Å². The van der Waals surface area contributed by atoms with Crippen molar-refractivity contribution >= 4 is 0 Å². The minimum atomic E-state index is 0.714. The summed E-state index contributed by atoms with van der Waals surface area (Å²) in [6.45, 7) is 10.4. The number of nitrogens with one attached hydrogen (secondary N) is 1. The predicted octanol–water partition coefficient (Wildman–Crippen LogP) is 1.08. The molecule has 1 rings (SSSR count). The van der Waals surface area contributed by atoms with E-state index in [0.29, 0.717) is 6.04 Å². The third-order valence-electron chi connectivity index (χ3n) is 2.51. The average Bonchev–Trinajstić information content (AvgIpc) is 2.05. The molecule has 0 aromatic rings. The maximum Gasteiger partial charge on any atom is 0.0193 e. The topological polar surface area (TPSA) is 15.3 Å². The van der Waals surface area contributed by atoms with Gasteiger partial charge in [-0.2, -0.15) is 0 Å². The number of nitrogens with zero attached hydrogens (tertiary/aromatic N) is 1. The molecule has 1 heterocycles. The number of piperazine rings is 1. The van der Waals surface area contributed by atoms with E-state index in [9.17, 15) is 0 Å². The van der Waals surface area contributed by atoms with Crippen molar-refractivity contribution in [2.24, 2.45) is 0 Å². The van der Waals surface area contributed by atoms with Crippen LogP contribution in [0.2, 0.25) is 0 Å². The molecule has 0 aromatic carbocycles. The Morgan fingerprint density at radius 1 is 1.55 bits per heavy atom. The summed E-state index contributed by atoms with van der Waals surface area (Å²) >= 11 is 0. The number of rotatable bonds is 2. The van der Waals surface area contributed by atoms with Gasteiger partial charge in [-0.15, -0.1) is 0 Å². The summed E-state index contributed by atoms with van der Waals surface area (Å²) in [6.07, 6.45) is 1.25. The standard InChI is InChI=1S/C9H20N2/c1-4-9-7-11(8(2)3)6-5-10-9/h8-10H,4-7H2,1-3H3/t9-/m1/s1. The minimum Gasteiger partial charge on any atom is -0.311 e. The molecule has 2 nitrogen and oxygen atoms in total. The largest absolute Gasteiger partial charge is 0.311 e. The van der Waals surface area contributed by atoms with Gasteiger partial charge in [-0.1, -0.05) is 6.92 Å². The van der Waals surface area contributed by atoms with Crippen molar-refractivity contribution in [2.45, 2.75) is 39.3 Å². The predicted molar refractivity (Wildman–Crippen MR) is 48.8 cm³/mol. The smallest absolute Gasteiger partial charge is 0.0193 e. The zero-order valence-corrected chi connectivity index (χ0v) is 7.93. The molecule has 1 saturated heterocycles. The highest BCUT2D eigenvalue weighted by Gasteiger charge is 2.18. The maximum absolute atomic E-state index is 3.51. The second-order valence-electron chi connectivity index (χ2n) is 3.65. The van der Waals surface area contributed by atoms with E-state index >= 15 is 0 Å². The van der Waals surface area contributed by atoms with Gasteiger partial charge in [-0.05, 0) is 20.3 Å². The zero-order valence-electron chi connectivity index (χ0n) is 7.93. The quantitative estimate of drug-likeness (QED) is 0.643. The molecule has 1 fully saturated rings. The molecule has 11 heavy (non-hydrogen) atoms. The Morgan fingerprint density at radius 3 is 2.82 bits per heavy atom. The molecule has 0 saturated carbocycles. The van der Waals surface area contributed by atoms with Gasteiger partial charge in [0, 0.05) is 31.7 Å². The second kappa shape index (κ2) is 4.07. The lowest BCUT2D eigenvalue weighted by atomic mass is 10.1. The SMILES string of the molecule is CC[C@@H]1CN(C(C)C)CCN1. The fraction of sp³-hybridized carbons (Fsp3) is 1.00. The van der Waals surface area contributed by atoms with Crippen molar-refractivity contribution in [1.82, 2.24) is 10.2 Å². The highest BCUT2D eigenvalue weighted by atomic mass is 15.2. The molecule has 1 atom stereocenters. The van der Waals surface area contributed by atoms with Crippen molar-refractivity contribution in [3.05, 3.63) is 0 Å². The Bertz CT molecular complexity index is 112. The highest BCUT2D eigenvalue weighted by Crippen LogP contribution is 2.05. The summed E-state index contributed by atoms with van der Waals surface area (Å²) in [5.74, 6) is 0. The van der Waals surface area contributed by atoms with Crippen LogP contribution < -0.4 is 5.32 Å². The summed E-state index contributed by atoms with van der Waals surface area (Å²) in [4.78, 5) is 2.55. The van der Waals surface area contributed by atoms with E-state index in [2.05, 4.69) is 31.0 Å². The Kier molecular flexibility index (Phi) is 3.34. The van der Waals surface area contributed by atoms with Crippen molar-refractivity contribution < 1.29 is 0 Å². The molecule has 66 valence electrons. The van der Waals surface area contributed by atoms with Crippen molar-refractivity contribution in [3.8, 4) is 0 Å². The van der Waals surface area contributed by atoms with E-state index in [1.165, 1.54) is 19.5 Å². The van der Waals surface area contributed by atoms with Crippen LogP contribution in [0.1, 0.15) is 27.2 Å². The van der Waals surface area contributed by atoms with E-state index in [1.807, 2.05) is 0 Å². The van der Waals surface area contributed by atoms with Gasteiger partial charge in [0.2, 0.25) is 0 Å². The van der Waals surface area contributed by atoms with Gasteiger partial charge >= 0.3 is 0 Å².